The van der Waals surface area contributed by atoms with E-state index in [0.717, 1.165) is 0 Å². The summed E-state index contributed by atoms with van der Waals surface area (Å²) in [6.07, 6.45) is 1.99. The molecule has 1 aromatic carbocycles. The van der Waals surface area contributed by atoms with Gasteiger partial charge in [-0.05, 0) is 36.4 Å². The van der Waals surface area contributed by atoms with E-state index in [0.29, 0.717) is 39.7 Å². The van der Waals surface area contributed by atoms with E-state index in [2.05, 4.69) is 20.5 Å². The number of anilines is 1. The molecule has 0 fully saturated rings. The molecule has 0 saturated carbocycles. The van der Waals surface area contributed by atoms with Gasteiger partial charge in [-0.2, -0.15) is 0 Å². The number of halogens is 1. The predicted octanol–water partition coefficient (Wildman–Crippen LogP) is 3.91. The maximum absolute atomic E-state index is 11.9. The average Bonchev–Trinajstić information content (AvgIpc) is 3.07. The van der Waals surface area contributed by atoms with Gasteiger partial charge in [-0.3, -0.25) is 9.78 Å². The topological polar surface area (TPSA) is 80.9 Å². The smallest absolute Gasteiger partial charge is 0.276 e. The Morgan fingerprint density at radius 1 is 1.17 bits per heavy atom. The van der Waals surface area contributed by atoms with Crippen molar-refractivity contribution in [2.45, 2.75) is 11.6 Å². The molecular weight excluding hydrogens is 348 g/mol. The minimum atomic E-state index is -0.0886. The van der Waals surface area contributed by atoms with Gasteiger partial charge in [0.25, 0.3) is 11.1 Å². The number of benzene rings is 1. The number of amides is 1. The maximum atomic E-state index is 11.9. The van der Waals surface area contributed by atoms with Crippen LogP contribution in [0.5, 0.6) is 0 Å². The van der Waals surface area contributed by atoms with Crippen LogP contribution in [0.1, 0.15) is 6.42 Å². The monoisotopic (exact) mass is 360 g/mol. The lowest BCUT2D eigenvalue weighted by Gasteiger charge is -2.04. The van der Waals surface area contributed by atoms with Gasteiger partial charge in [0.15, 0.2) is 0 Å². The highest BCUT2D eigenvalue weighted by atomic mass is 35.5. The van der Waals surface area contributed by atoms with Crippen molar-refractivity contribution in [1.82, 2.24) is 15.2 Å². The van der Waals surface area contributed by atoms with Crippen molar-refractivity contribution in [2.75, 3.05) is 11.1 Å². The highest BCUT2D eigenvalue weighted by Crippen LogP contribution is 2.22. The minimum Gasteiger partial charge on any atom is -0.410 e. The summed E-state index contributed by atoms with van der Waals surface area (Å²) in [6, 6.07) is 12.4. The van der Waals surface area contributed by atoms with Gasteiger partial charge in [0.05, 0.1) is 0 Å². The molecule has 0 aliphatic heterocycles. The van der Waals surface area contributed by atoms with Crippen LogP contribution in [0, 0.1) is 0 Å². The fraction of sp³-hybridized carbons (Fsp3) is 0.125. The number of carbonyl (C=O) groups excluding carboxylic acids is 1. The first-order valence-corrected chi connectivity index (χ1v) is 8.50. The van der Waals surface area contributed by atoms with Crippen LogP contribution in [-0.4, -0.2) is 26.8 Å². The SMILES string of the molecule is O=C(CCSc1nnc(-c2ccccn2)o1)Nc1ccc(Cl)cc1. The average molecular weight is 361 g/mol. The standard InChI is InChI=1S/C16H13ClN4O2S/c17-11-4-6-12(7-5-11)19-14(22)8-10-24-16-21-20-15(23-16)13-3-1-2-9-18-13/h1-7,9H,8,10H2,(H,19,22). The molecule has 6 nitrogen and oxygen atoms in total. The van der Waals surface area contributed by atoms with E-state index in [4.69, 9.17) is 16.0 Å². The summed E-state index contributed by atoms with van der Waals surface area (Å²) in [5, 5.41) is 11.7. The third kappa shape index (κ3) is 4.56. The van der Waals surface area contributed by atoms with Crippen LogP contribution in [0.15, 0.2) is 58.3 Å². The van der Waals surface area contributed by atoms with E-state index in [1.807, 2.05) is 12.1 Å². The van der Waals surface area contributed by atoms with Crippen molar-refractivity contribution in [2.24, 2.45) is 0 Å². The van der Waals surface area contributed by atoms with E-state index in [-0.39, 0.29) is 5.91 Å². The number of thioether (sulfide) groups is 1. The predicted molar refractivity (Wildman–Crippen MR) is 93.0 cm³/mol. The number of rotatable bonds is 6. The number of hydrogen-bond acceptors (Lipinski definition) is 6. The summed E-state index contributed by atoms with van der Waals surface area (Å²) in [4.78, 5) is 16.0. The number of hydrogen-bond donors (Lipinski definition) is 1. The summed E-state index contributed by atoms with van der Waals surface area (Å²) in [5.41, 5.74) is 1.34. The van der Waals surface area contributed by atoms with Crippen LogP contribution >= 0.6 is 23.4 Å². The van der Waals surface area contributed by atoms with E-state index in [9.17, 15) is 4.79 Å². The molecule has 0 aliphatic carbocycles. The third-order valence-corrected chi connectivity index (χ3v) is 4.05. The molecule has 0 spiro atoms. The Morgan fingerprint density at radius 3 is 2.75 bits per heavy atom. The van der Waals surface area contributed by atoms with Crippen LogP contribution < -0.4 is 5.32 Å². The highest BCUT2D eigenvalue weighted by Gasteiger charge is 2.10. The number of pyridine rings is 1. The van der Waals surface area contributed by atoms with Crippen LogP contribution in [-0.2, 0) is 4.79 Å². The zero-order valence-electron chi connectivity index (χ0n) is 12.5. The second-order valence-electron chi connectivity index (χ2n) is 4.74. The first kappa shape index (κ1) is 16.5. The van der Waals surface area contributed by atoms with Crippen molar-refractivity contribution in [3.05, 3.63) is 53.7 Å². The molecule has 2 heterocycles. The molecule has 1 amide bonds. The summed E-state index contributed by atoms with van der Waals surface area (Å²) in [5.74, 6) is 0.807. The molecule has 122 valence electrons. The van der Waals surface area contributed by atoms with E-state index >= 15 is 0 Å². The van der Waals surface area contributed by atoms with Crippen LogP contribution in [0.3, 0.4) is 0 Å². The van der Waals surface area contributed by atoms with Gasteiger partial charge in [-0.15, -0.1) is 10.2 Å². The molecule has 24 heavy (non-hydrogen) atoms. The Morgan fingerprint density at radius 2 is 2.00 bits per heavy atom. The Hall–Kier alpha value is -2.38. The molecule has 3 rings (SSSR count). The van der Waals surface area contributed by atoms with E-state index in [1.165, 1.54) is 11.8 Å². The summed E-state index contributed by atoms with van der Waals surface area (Å²) >= 11 is 7.13. The molecule has 2 aromatic heterocycles. The third-order valence-electron chi connectivity index (χ3n) is 2.97. The Labute approximate surface area is 147 Å². The Balaban J connectivity index is 1.47. The van der Waals surface area contributed by atoms with Gasteiger partial charge in [-0.1, -0.05) is 29.4 Å². The van der Waals surface area contributed by atoms with Gasteiger partial charge in [0.2, 0.25) is 5.91 Å². The maximum Gasteiger partial charge on any atom is 0.276 e. The highest BCUT2D eigenvalue weighted by molar-refractivity contribution is 7.99. The van der Waals surface area contributed by atoms with Gasteiger partial charge >= 0.3 is 0 Å². The zero-order valence-corrected chi connectivity index (χ0v) is 14.0. The van der Waals surface area contributed by atoms with Crippen molar-refractivity contribution in [1.29, 1.82) is 0 Å². The summed E-state index contributed by atoms with van der Waals surface area (Å²) in [6.45, 7) is 0. The number of carbonyl (C=O) groups is 1. The van der Waals surface area contributed by atoms with Crippen molar-refractivity contribution in [3.8, 4) is 11.6 Å². The quantitative estimate of drug-likeness (QED) is 0.671. The van der Waals surface area contributed by atoms with Crippen molar-refractivity contribution in [3.63, 3.8) is 0 Å². The van der Waals surface area contributed by atoms with Crippen LogP contribution in [0.4, 0.5) is 5.69 Å². The van der Waals surface area contributed by atoms with Crippen LogP contribution in [0.2, 0.25) is 5.02 Å². The lowest BCUT2D eigenvalue weighted by Crippen LogP contribution is -2.11. The van der Waals surface area contributed by atoms with Crippen LogP contribution in [0.25, 0.3) is 11.6 Å². The zero-order chi connectivity index (χ0) is 16.8. The first-order chi connectivity index (χ1) is 11.7. The molecule has 0 aliphatic rings. The van der Waals surface area contributed by atoms with Gasteiger partial charge in [-0.25, -0.2) is 0 Å². The van der Waals surface area contributed by atoms with Crippen molar-refractivity contribution < 1.29 is 9.21 Å². The van der Waals surface area contributed by atoms with Gasteiger partial charge in [0.1, 0.15) is 5.69 Å². The molecule has 0 unspecified atom stereocenters. The molecule has 8 heteroatoms. The lowest BCUT2D eigenvalue weighted by molar-refractivity contribution is -0.115. The lowest BCUT2D eigenvalue weighted by atomic mass is 10.3. The van der Waals surface area contributed by atoms with E-state index < -0.39 is 0 Å². The normalized spacial score (nSPS) is 10.5. The second-order valence-corrected chi connectivity index (χ2v) is 6.22. The molecule has 0 saturated heterocycles. The Bertz CT molecular complexity index is 808. The van der Waals surface area contributed by atoms with Gasteiger partial charge < -0.3 is 9.73 Å². The largest absolute Gasteiger partial charge is 0.410 e. The minimum absolute atomic E-state index is 0.0886. The molecule has 0 bridgehead atoms. The van der Waals surface area contributed by atoms with Gasteiger partial charge in [0, 0.05) is 29.1 Å². The number of nitrogens with zero attached hydrogens (tertiary/aromatic N) is 3. The second kappa shape index (κ2) is 7.94. The fourth-order valence-electron chi connectivity index (χ4n) is 1.85. The summed E-state index contributed by atoms with van der Waals surface area (Å²) < 4.78 is 5.51. The molecule has 0 radical (unpaired) electrons. The van der Waals surface area contributed by atoms with E-state index in [1.54, 1.807) is 36.5 Å². The molecular formula is C16H13ClN4O2S. The molecule has 1 N–H and O–H groups in total. The number of aromatic nitrogens is 3. The molecule has 0 atom stereocenters. The van der Waals surface area contributed by atoms with Crippen molar-refractivity contribution >= 4 is 35.0 Å². The summed E-state index contributed by atoms with van der Waals surface area (Å²) in [7, 11) is 0. The number of nitrogens with one attached hydrogen (secondary N) is 1. The Kier molecular flexibility index (Phi) is 5.45. The molecule has 3 aromatic rings. The first-order valence-electron chi connectivity index (χ1n) is 7.14. The fourth-order valence-corrected chi connectivity index (χ4v) is 2.67.